The molecule has 0 aliphatic heterocycles. The molecule has 0 aliphatic carbocycles. The largest absolute Gasteiger partial charge is 0.489 e. The Morgan fingerprint density at radius 2 is 1.62 bits per heavy atom. The number of nitrogens with zero attached hydrogens (tertiary/aromatic N) is 2. The van der Waals surface area contributed by atoms with Crippen LogP contribution in [-0.2, 0) is 39.0 Å². The van der Waals surface area contributed by atoms with Crippen LogP contribution in [0.3, 0.4) is 0 Å². The summed E-state index contributed by atoms with van der Waals surface area (Å²) in [5.41, 5.74) is 7.16. The number of aromatic nitrogens is 2. The molecule has 7 nitrogen and oxygen atoms in total. The highest BCUT2D eigenvalue weighted by atomic mass is 32.2. The lowest BCUT2D eigenvalue weighted by molar-refractivity contribution is -0.142. The van der Waals surface area contributed by atoms with E-state index in [1.54, 1.807) is 37.4 Å². The first kappa shape index (κ1) is 29.1. The molecular formula is C34H34N2O5S. The van der Waals surface area contributed by atoms with Crippen LogP contribution < -0.4 is 4.74 Å². The van der Waals surface area contributed by atoms with Crippen molar-refractivity contribution in [2.45, 2.75) is 52.0 Å². The van der Waals surface area contributed by atoms with Crippen LogP contribution in [-0.4, -0.2) is 30.2 Å². The van der Waals surface area contributed by atoms with E-state index in [0.717, 1.165) is 49.3 Å². The second kappa shape index (κ2) is 12.2. The number of hydrogen-bond acceptors (Lipinski definition) is 6. The van der Waals surface area contributed by atoms with Gasteiger partial charge in [-0.1, -0.05) is 61.0 Å². The van der Waals surface area contributed by atoms with Crippen LogP contribution in [0.25, 0.3) is 22.0 Å². The van der Waals surface area contributed by atoms with Crippen molar-refractivity contribution in [2.75, 3.05) is 6.61 Å². The summed E-state index contributed by atoms with van der Waals surface area (Å²) in [6.45, 7) is 8.35. The summed E-state index contributed by atoms with van der Waals surface area (Å²) in [6, 6.07) is 24.1. The van der Waals surface area contributed by atoms with E-state index >= 15 is 0 Å². The van der Waals surface area contributed by atoms with Gasteiger partial charge in [0.05, 0.1) is 29.6 Å². The molecule has 0 N–H and O–H groups in total. The zero-order valence-electron chi connectivity index (χ0n) is 24.3. The Bertz CT molecular complexity index is 1860. The topological polar surface area (TPSA) is 87.5 Å². The SMILES string of the molecule is CCOC(=O)Cc1ccccc1OCc1cc(-c2cccc(CC)c2C)c2cnn(S(=O)(=O)c3ccc(C)cc3)c2c1. The first-order valence-corrected chi connectivity index (χ1v) is 15.4. The molecule has 1 aromatic heterocycles. The molecule has 0 amide bonds. The number of aryl methyl sites for hydroxylation is 2. The van der Waals surface area contributed by atoms with Gasteiger partial charge in [0.25, 0.3) is 10.0 Å². The number of fused-ring (bicyclic) bond motifs is 1. The van der Waals surface area contributed by atoms with Crippen molar-refractivity contribution in [1.82, 2.24) is 9.19 Å². The highest BCUT2D eigenvalue weighted by Crippen LogP contribution is 2.35. The molecule has 42 heavy (non-hydrogen) atoms. The minimum atomic E-state index is -3.96. The third-order valence-electron chi connectivity index (χ3n) is 7.39. The van der Waals surface area contributed by atoms with E-state index in [1.807, 2.05) is 55.5 Å². The summed E-state index contributed by atoms with van der Waals surface area (Å²) in [4.78, 5) is 12.3. The van der Waals surface area contributed by atoms with E-state index in [4.69, 9.17) is 9.47 Å². The van der Waals surface area contributed by atoms with Crippen molar-refractivity contribution < 1.29 is 22.7 Å². The average Bonchev–Trinajstić information content (AvgIpc) is 3.42. The van der Waals surface area contributed by atoms with Crippen LogP contribution in [0.1, 0.15) is 41.7 Å². The molecular weight excluding hydrogens is 548 g/mol. The Hall–Kier alpha value is -4.43. The monoisotopic (exact) mass is 582 g/mol. The number of esters is 1. The van der Waals surface area contributed by atoms with E-state index in [1.165, 1.54) is 5.56 Å². The molecule has 0 aliphatic rings. The molecule has 0 unspecified atom stereocenters. The van der Waals surface area contributed by atoms with Crippen LogP contribution >= 0.6 is 0 Å². The molecule has 8 heteroatoms. The first-order valence-electron chi connectivity index (χ1n) is 14.0. The lowest BCUT2D eigenvalue weighted by Gasteiger charge is -2.15. The Labute approximate surface area is 246 Å². The highest BCUT2D eigenvalue weighted by Gasteiger charge is 2.23. The second-order valence-corrected chi connectivity index (χ2v) is 12.0. The van der Waals surface area contributed by atoms with Crippen molar-refractivity contribution in [3.8, 4) is 16.9 Å². The van der Waals surface area contributed by atoms with Gasteiger partial charge in [-0.15, -0.1) is 0 Å². The van der Waals surface area contributed by atoms with Crippen molar-refractivity contribution in [1.29, 1.82) is 0 Å². The third kappa shape index (κ3) is 5.81. The predicted molar refractivity (Wildman–Crippen MR) is 164 cm³/mol. The Balaban J connectivity index is 1.62. The molecule has 1 heterocycles. The standard InChI is InChI=1S/C34H34N2O5S/c1-5-26-11-9-12-29(24(26)4)30-18-25(22-41-33-13-8-7-10-27(33)20-34(37)40-6-2)19-32-31(30)21-35-36(32)42(38,39)28-16-14-23(3)15-17-28/h7-19,21H,5-6,20,22H2,1-4H3. The molecule has 5 aromatic rings. The lowest BCUT2D eigenvalue weighted by atomic mass is 9.92. The van der Waals surface area contributed by atoms with Crippen molar-refractivity contribution in [3.05, 3.63) is 113 Å². The van der Waals surface area contributed by atoms with Crippen LogP contribution in [0.2, 0.25) is 0 Å². The van der Waals surface area contributed by atoms with Crippen molar-refractivity contribution >= 4 is 26.9 Å². The maximum Gasteiger partial charge on any atom is 0.310 e. The summed E-state index contributed by atoms with van der Waals surface area (Å²) in [5, 5.41) is 5.11. The number of carbonyl (C=O) groups excluding carboxylic acids is 1. The fourth-order valence-corrected chi connectivity index (χ4v) is 6.41. The summed E-state index contributed by atoms with van der Waals surface area (Å²) < 4.78 is 40.0. The number of ether oxygens (including phenoxy) is 2. The van der Waals surface area contributed by atoms with Gasteiger partial charge < -0.3 is 9.47 Å². The van der Waals surface area contributed by atoms with Crippen LogP contribution in [0.5, 0.6) is 5.75 Å². The van der Waals surface area contributed by atoms with Crippen LogP contribution in [0.4, 0.5) is 0 Å². The molecule has 0 saturated carbocycles. The van der Waals surface area contributed by atoms with Gasteiger partial charge in [0.2, 0.25) is 0 Å². The Morgan fingerprint density at radius 3 is 2.36 bits per heavy atom. The van der Waals surface area contributed by atoms with Gasteiger partial charge in [0.15, 0.2) is 0 Å². The molecule has 0 atom stereocenters. The number of benzene rings is 4. The number of para-hydroxylation sites is 1. The van der Waals surface area contributed by atoms with Gasteiger partial charge in [0, 0.05) is 10.9 Å². The molecule has 0 bridgehead atoms. The summed E-state index contributed by atoms with van der Waals surface area (Å²) in [7, 11) is -3.96. The highest BCUT2D eigenvalue weighted by molar-refractivity contribution is 7.90. The van der Waals surface area contributed by atoms with E-state index in [-0.39, 0.29) is 23.9 Å². The van der Waals surface area contributed by atoms with Gasteiger partial charge in [-0.05, 0) is 85.3 Å². The summed E-state index contributed by atoms with van der Waals surface area (Å²) in [5.74, 6) is 0.242. The third-order valence-corrected chi connectivity index (χ3v) is 9.00. The first-order chi connectivity index (χ1) is 20.2. The smallest absolute Gasteiger partial charge is 0.310 e. The molecule has 5 rings (SSSR count). The molecule has 0 fully saturated rings. The number of rotatable bonds is 10. The average molecular weight is 583 g/mol. The van der Waals surface area contributed by atoms with Crippen LogP contribution in [0, 0.1) is 13.8 Å². The van der Waals surface area contributed by atoms with Crippen molar-refractivity contribution in [3.63, 3.8) is 0 Å². The van der Waals surface area contributed by atoms with Gasteiger partial charge >= 0.3 is 5.97 Å². The quantitative estimate of drug-likeness (QED) is 0.168. The number of carbonyl (C=O) groups is 1. The lowest BCUT2D eigenvalue weighted by Crippen LogP contribution is -2.14. The fourth-order valence-electron chi connectivity index (χ4n) is 5.15. The Morgan fingerprint density at radius 1 is 0.881 bits per heavy atom. The molecule has 0 saturated heterocycles. The van der Waals surface area contributed by atoms with Crippen LogP contribution in [0.15, 0.2) is 90.0 Å². The normalized spacial score (nSPS) is 11.5. The zero-order chi connectivity index (χ0) is 29.9. The number of hydrogen-bond donors (Lipinski definition) is 0. The fraction of sp³-hybridized carbons (Fsp3) is 0.235. The van der Waals surface area contributed by atoms with E-state index < -0.39 is 10.0 Å². The van der Waals surface area contributed by atoms with E-state index in [9.17, 15) is 13.2 Å². The van der Waals surface area contributed by atoms with E-state index in [0.29, 0.717) is 17.9 Å². The van der Waals surface area contributed by atoms with Gasteiger partial charge in [-0.25, -0.2) is 0 Å². The maximum atomic E-state index is 13.8. The van der Waals surface area contributed by atoms with E-state index in [2.05, 4.69) is 25.0 Å². The molecule has 0 spiro atoms. The predicted octanol–water partition coefficient (Wildman–Crippen LogP) is 6.80. The molecule has 4 aromatic carbocycles. The zero-order valence-corrected chi connectivity index (χ0v) is 25.1. The van der Waals surface area contributed by atoms with Gasteiger partial charge in [-0.2, -0.15) is 17.6 Å². The van der Waals surface area contributed by atoms with Crippen molar-refractivity contribution in [2.24, 2.45) is 0 Å². The van der Waals surface area contributed by atoms with Gasteiger partial charge in [-0.3, -0.25) is 4.79 Å². The summed E-state index contributed by atoms with van der Waals surface area (Å²) in [6.07, 6.45) is 2.59. The minimum Gasteiger partial charge on any atom is -0.489 e. The second-order valence-electron chi connectivity index (χ2n) is 10.2. The molecule has 216 valence electrons. The maximum absolute atomic E-state index is 13.8. The minimum absolute atomic E-state index is 0.0961. The molecule has 0 radical (unpaired) electrons. The van der Waals surface area contributed by atoms with Gasteiger partial charge in [0.1, 0.15) is 12.4 Å². The summed E-state index contributed by atoms with van der Waals surface area (Å²) >= 11 is 0. The Kier molecular flexibility index (Phi) is 8.45.